The van der Waals surface area contributed by atoms with Crippen LogP contribution in [0.4, 0.5) is 0 Å². The van der Waals surface area contributed by atoms with Gasteiger partial charge in [-0.1, -0.05) is 0 Å². The lowest BCUT2D eigenvalue weighted by atomic mass is 10.2. The van der Waals surface area contributed by atoms with Crippen LogP contribution in [0.3, 0.4) is 0 Å². The van der Waals surface area contributed by atoms with E-state index in [1.54, 1.807) is 0 Å². The second-order valence-electron chi connectivity index (χ2n) is 7.49. The van der Waals surface area contributed by atoms with Gasteiger partial charge in [0.15, 0.2) is 5.82 Å². The number of aromatic nitrogens is 5. The molecule has 0 radical (unpaired) electrons. The fourth-order valence-corrected chi connectivity index (χ4v) is 3.39. The van der Waals surface area contributed by atoms with E-state index in [9.17, 15) is 0 Å². The second-order valence-corrected chi connectivity index (χ2v) is 7.49. The first kappa shape index (κ1) is 16.4. The van der Waals surface area contributed by atoms with Crippen LogP contribution in [0.2, 0.25) is 0 Å². The summed E-state index contributed by atoms with van der Waals surface area (Å²) in [6.45, 7) is 7.45. The Hall–Kier alpha value is -2.83. The van der Waals surface area contributed by atoms with E-state index < -0.39 is 0 Å². The van der Waals surface area contributed by atoms with Crippen molar-refractivity contribution in [3.05, 3.63) is 30.2 Å². The topological polar surface area (TPSA) is 67.0 Å². The molecule has 7 heteroatoms. The molecule has 0 atom stereocenters. The Bertz CT molecular complexity index is 1000. The molecule has 0 spiro atoms. The van der Waals surface area contributed by atoms with Crippen LogP contribution in [0.5, 0.6) is 11.5 Å². The Kier molecular flexibility index (Phi) is 3.70. The van der Waals surface area contributed by atoms with Crippen LogP contribution in [-0.4, -0.2) is 37.0 Å². The smallest absolute Gasteiger partial charge is 0.178 e. The average molecular weight is 365 g/mol. The highest BCUT2D eigenvalue weighted by molar-refractivity contribution is 5.69. The van der Waals surface area contributed by atoms with Crippen molar-refractivity contribution in [2.45, 2.75) is 52.3 Å². The van der Waals surface area contributed by atoms with Gasteiger partial charge in [0, 0.05) is 18.3 Å². The van der Waals surface area contributed by atoms with Gasteiger partial charge in [-0.05, 0) is 45.7 Å². The Morgan fingerprint density at radius 2 is 2.04 bits per heavy atom. The summed E-state index contributed by atoms with van der Waals surface area (Å²) in [5.74, 6) is 4.15. The van der Waals surface area contributed by atoms with Crippen LogP contribution >= 0.6 is 0 Å². The number of hydrogen-bond acceptors (Lipinski definition) is 5. The van der Waals surface area contributed by atoms with Crippen molar-refractivity contribution >= 4 is 0 Å². The van der Waals surface area contributed by atoms with Crippen LogP contribution in [0.25, 0.3) is 22.9 Å². The first-order chi connectivity index (χ1) is 13.1. The second kappa shape index (κ2) is 6.11. The third kappa shape index (κ3) is 2.97. The highest BCUT2D eigenvalue weighted by Crippen LogP contribution is 2.37. The summed E-state index contributed by atoms with van der Waals surface area (Å²) in [7, 11) is 0. The summed E-state index contributed by atoms with van der Waals surface area (Å²) in [6, 6.07) is 6.25. The van der Waals surface area contributed by atoms with Crippen molar-refractivity contribution in [3.8, 4) is 34.4 Å². The van der Waals surface area contributed by atoms with E-state index in [0.717, 1.165) is 59.6 Å². The molecule has 3 aromatic rings. The number of hydrogen-bond donors (Lipinski definition) is 0. The van der Waals surface area contributed by atoms with Gasteiger partial charge in [0.1, 0.15) is 35.4 Å². The minimum absolute atomic E-state index is 0.223. The number of rotatable bonds is 4. The molecule has 27 heavy (non-hydrogen) atoms. The number of imidazole rings is 1. The van der Waals surface area contributed by atoms with Crippen LogP contribution in [0.1, 0.15) is 38.6 Å². The molecular weight excluding hydrogens is 342 g/mol. The van der Waals surface area contributed by atoms with E-state index in [1.165, 1.54) is 0 Å². The van der Waals surface area contributed by atoms with E-state index in [0.29, 0.717) is 12.7 Å². The summed E-state index contributed by atoms with van der Waals surface area (Å²) >= 11 is 0. The van der Waals surface area contributed by atoms with E-state index in [1.807, 2.05) is 36.0 Å². The fourth-order valence-electron chi connectivity index (χ4n) is 3.39. The van der Waals surface area contributed by atoms with Crippen molar-refractivity contribution in [1.82, 2.24) is 24.3 Å². The monoisotopic (exact) mass is 365 g/mol. The first-order valence-electron chi connectivity index (χ1n) is 9.53. The maximum absolute atomic E-state index is 5.97. The van der Waals surface area contributed by atoms with E-state index in [2.05, 4.69) is 28.5 Å². The molecule has 0 amide bonds. The van der Waals surface area contributed by atoms with Gasteiger partial charge in [-0.15, -0.1) is 0 Å². The predicted octanol–water partition coefficient (Wildman–Crippen LogP) is 3.63. The third-order valence-corrected chi connectivity index (χ3v) is 4.84. The zero-order chi connectivity index (χ0) is 18.5. The van der Waals surface area contributed by atoms with Crippen molar-refractivity contribution in [3.63, 3.8) is 0 Å². The number of aryl methyl sites for hydroxylation is 1. The zero-order valence-electron chi connectivity index (χ0n) is 15.8. The summed E-state index contributed by atoms with van der Waals surface area (Å²) < 4.78 is 15.9. The van der Waals surface area contributed by atoms with E-state index >= 15 is 0 Å². The standard InChI is InChI=1S/C20H23N5O2/c1-12(2)25-20(21-13(3)23-25)17-11-24-8-9-26-18-10-15(27-14-4-5-14)6-7-16(18)19(24)22-17/h6-7,10-12,14H,4-5,8-9H2,1-3H3. The molecule has 2 aliphatic rings. The van der Waals surface area contributed by atoms with E-state index in [4.69, 9.17) is 14.5 Å². The maximum Gasteiger partial charge on any atom is 0.178 e. The van der Waals surface area contributed by atoms with Crippen LogP contribution in [-0.2, 0) is 6.54 Å². The maximum atomic E-state index is 5.97. The zero-order valence-corrected chi connectivity index (χ0v) is 15.8. The molecule has 2 aromatic heterocycles. The van der Waals surface area contributed by atoms with Gasteiger partial charge < -0.3 is 14.0 Å². The molecular formula is C20H23N5O2. The number of nitrogens with zero attached hydrogens (tertiary/aromatic N) is 5. The minimum Gasteiger partial charge on any atom is -0.491 e. The largest absolute Gasteiger partial charge is 0.491 e. The minimum atomic E-state index is 0.223. The summed E-state index contributed by atoms with van der Waals surface area (Å²) in [5, 5.41) is 4.52. The van der Waals surface area contributed by atoms with Crippen LogP contribution in [0.15, 0.2) is 24.4 Å². The highest BCUT2D eigenvalue weighted by Gasteiger charge is 2.26. The van der Waals surface area contributed by atoms with Crippen LogP contribution < -0.4 is 9.47 Å². The summed E-state index contributed by atoms with van der Waals surface area (Å²) in [6.07, 6.45) is 4.70. The molecule has 1 saturated carbocycles. The van der Waals surface area contributed by atoms with Gasteiger partial charge in [-0.3, -0.25) is 0 Å². The lowest BCUT2D eigenvalue weighted by molar-refractivity contribution is 0.290. The normalized spacial score (nSPS) is 15.9. The molecule has 140 valence electrons. The molecule has 0 saturated heterocycles. The molecule has 0 N–H and O–H groups in total. The molecule has 7 nitrogen and oxygen atoms in total. The molecule has 1 aliphatic heterocycles. The molecule has 3 heterocycles. The average Bonchev–Trinajstić information content (AvgIpc) is 3.25. The van der Waals surface area contributed by atoms with Crippen LogP contribution in [0, 0.1) is 6.92 Å². The number of fused-ring (bicyclic) bond motifs is 3. The van der Waals surface area contributed by atoms with Crippen molar-refractivity contribution < 1.29 is 9.47 Å². The molecule has 0 unspecified atom stereocenters. The van der Waals surface area contributed by atoms with Gasteiger partial charge in [-0.2, -0.15) is 5.10 Å². The molecule has 5 rings (SSSR count). The molecule has 1 fully saturated rings. The van der Waals surface area contributed by atoms with E-state index in [-0.39, 0.29) is 6.04 Å². The van der Waals surface area contributed by atoms with Gasteiger partial charge >= 0.3 is 0 Å². The Labute approximate surface area is 158 Å². The number of benzene rings is 1. The fraction of sp³-hybridized carbons (Fsp3) is 0.450. The molecule has 0 bridgehead atoms. The van der Waals surface area contributed by atoms with Gasteiger partial charge in [-0.25, -0.2) is 14.6 Å². The lowest BCUT2D eigenvalue weighted by Crippen LogP contribution is -2.06. The Balaban J connectivity index is 1.56. The van der Waals surface area contributed by atoms with Crippen molar-refractivity contribution in [2.24, 2.45) is 0 Å². The van der Waals surface area contributed by atoms with Gasteiger partial charge in [0.05, 0.1) is 18.2 Å². The summed E-state index contributed by atoms with van der Waals surface area (Å²) in [4.78, 5) is 9.50. The number of ether oxygens (including phenoxy) is 2. The molecule has 1 aliphatic carbocycles. The Morgan fingerprint density at radius 3 is 2.81 bits per heavy atom. The SMILES string of the molecule is Cc1nc(-c2cn3c(n2)-c2ccc(OC4CC4)cc2OCC3)n(C(C)C)n1. The van der Waals surface area contributed by atoms with Crippen molar-refractivity contribution in [2.75, 3.05) is 6.61 Å². The highest BCUT2D eigenvalue weighted by atomic mass is 16.5. The van der Waals surface area contributed by atoms with Gasteiger partial charge in [0.2, 0.25) is 0 Å². The molecule has 1 aromatic carbocycles. The third-order valence-electron chi connectivity index (χ3n) is 4.84. The predicted molar refractivity (Wildman–Crippen MR) is 101 cm³/mol. The summed E-state index contributed by atoms with van der Waals surface area (Å²) in [5.41, 5.74) is 1.82. The quantitative estimate of drug-likeness (QED) is 0.706. The Morgan fingerprint density at radius 1 is 1.19 bits per heavy atom. The lowest BCUT2D eigenvalue weighted by Gasteiger charge is -2.10. The van der Waals surface area contributed by atoms with Gasteiger partial charge in [0.25, 0.3) is 0 Å². The van der Waals surface area contributed by atoms with Crippen molar-refractivity contribution in [1.29, 1.82) is 0 Å². The first-order valence-corrected chi connectivity index (χ1v) is 9.53.